The molecular weight excluding hydrogens is 464 g/mol. The van der Waals surface area contributed by atoms with E-state index in [1.54, 1.807) is 24.3 Å². The number of aryl methyl sites for hydroxylation is 1. The Bertz CT molecular complexity index is 1220. The Hall–Kier alpha value is -2.45. The molecule has 4 nitrogen and oxygen atoms in total. The molecular formula is C25H25F2NO3S2. The van der Waals surface area contributed by atoms with Gasteiger partial charge in [0.05, 0.1) is 22.5 Å². The first-order chi connectivity index (χ1) is 15.6. The molecule has 0 aliphatic carbocycles. The van der Waals surface area contributed by atoms with Gasteiger partial charge in [-0.15, -0.1) is 11.8 Å². The van der Waals surface area contributed by atoms with Crippen molar-refractivity contribution >= 4 is 27.4 Å². The number of nitrogens with zero attached hydrogens (tertiary/aromatic N) is 1. The van der Waals surface area contributed by atoms with Crippen molar-refractivity contribution in [2.45, 2.75) is 31.6 Å². The highest BCUT2D eigenvalue weighted by atomic mass is 32.2. The van der Waals surface area contributed by atoms with Crippen molar-refractivity contribution in [2.24, 2.45) is 0 Å². The first-order valence-electron chi connectivity index (χ1n) is 10.7. The number of benzene rings is 2. The molecule has 174 valence electrons. The highest BCUT2D eigenvalue weighted by molar-refractivity contribution is 8.00. The SMILES string of the molecule is Cc1cc(C(=O)CSC(c2ccc(F)cc2)c2ccc(F)cc2)c(C)n1C1CCS(=O)(=O)C1. The van der Waals surface area contributed by atoms with Gasteiger partial charge in [-0.1, -0.05) is 24.3 Å². The van der Waals surface area contributed by atoms with Gasteiger partial charge < -0.3 is 4.57 Å². The summed E-state index contributed by atoms with van der Waals surface area (Å²) < 4.78 is 52.7. The lowest BCUT2D eigenvalue weighted by Crippen LogP contribution is -2.15. The van der Waals surface area contributed by atoms with Crippen molar-refractivity contribution in [2.75, 3.05) is 17.3 Å². The lowest BCUT2D eigenvalue weighted by Gasteiger charge is -2.18. The summed E-state index contributed by atoms with van der Waals surface area (Å²) in [5, 5.41) is -0.265. The van der Waals surface area contributed by atoms with E-state index in [0.29, 0.717) is 12.0 Å². The normalized spacial score (nSPS) is 17.5. The molecule has 0 amide bonds. The number of sulfone groups is 1. The van der Waals surface area contributed by atoms with E-state index in [1.165, 1.54) is 36.0 Å². The van der Waals surface area contributed by atoms with Gasteiger partial charge in [-0.2, -0.15) is 0 Å². The molecule has 33 heavy (non-hydrogen) atoms. The number of carbonyl (C=O) groups is 1. The third-order valence-electron chi connectivity index (χ3n) is 6.08. The number of hydrogen-bond acceptors (Lipinski definition) is 4. The van der Waals surface area contributed by atoms with Crippen LogP contribution in [0.15, 0.2) is 54.6 Å². The van der Waals surface area contributed by atoms with E-state index in [0.717, 1.165) is 22.5 Å². The third-order valence-corrected chi connectivity index (χ3v) is 9.14. The van der Waals surface area contributed by atoms with E-state index in [-0.39, 0.29) is 46.0 Å². The molecule has 1 aromatic heterocycles. The average Bonchev–Trinajstić information content (AvgIpc) is 3.27. The largest absolute Gasteiger partial charge is 0.344 e. The number of thioether (sulfide) groups is 1. The van der Waals surface area contributed by atoms with Crippen LogP contribution in [-0.2, 0) is 9.84 Å². The average molecular weight is 490 g/mol. The Labute approximate surface area is 196 Å². The molecule has 2 heterocycles. The van der Waals surface area contributed by atoms with E-state index in [4.69, 9.17) is 0 Å². The monoisotopic (exact) mass is 489 g/mol. The summed E-state index contributed by atoms with van der Waals surface area (Å²) in [5.41, 5.74) is 3.88. The van der Waals surface area contributed by atoms with Crippen LogP contribution in [0.3, 0.4) is 0 Å². The molecule has 1 aliphatic heterocycles. The van der Waals surface area contributed by atoms with Crippen molar-refractivity contribution in [1.29, 1.82) is 0 Å². The fourth-order valence-corrected chi connectivity index (χ4v) is 7.37. The van der Waals surface area contributed by atoms with Crippen LogP contribution in [-0.4, -0.2) is 36.0 Å². The first-order valence-corrected chi connectivity index (χ1v) is 13.6. The molecule has 8 heteroatoms. The second kappa shape index (κ2) is 9.43. The number of Topliss-reactive ketones (excluding diaryl/α,β-unsaturated/α-hetero) is 1. The zero-order chi connectivity index (χ0) is 23.8. The Balaban J connectivity index is 1.56. The second-order valence-electron chi connectivity index (χ2n) is 8.43. The molecule has 1 atom stereocenters. The number of hydrogen-bond donors (Lipinski definition) is 0. The van der Waals surface area contributed by atoms with Crippen molar-refractivity contribution in [3.63, 3.8) is 0 Å². The van der Waals surface area contributed by atoms with Gasteiger partial charge in [0, 0.05) is 23.0 Å². The number of aromatic nitrogens is 1. The minimum Gasteiger partial charge on any atom is -0.344 e. The van der Waals surface area contributed by atoms with Gasteiger partial charge >= 0.3 is 0 Å². The van der Waals surface area contributed by atoms with Crippen molar-refractivity contribution in [1.82, 2.24) is 4.57 Å². The zero-order valence-corrected chi connectivity index (χ0v) is 20.1. The molecule has 2 aromatic carbocycles. The fourth-order valence-electron chi connectivity index (χ4n) is 4.50. The van der Waals surface area contributed by atoms with E-state index in [1.807, 2.05) is 24.5 Å². The quantitative estimate of drug-likeness (QED) is 0.414. The molecule has 0 bridgehead atoms. The molecule has 1 saturated heterocycles. The lowest BCUT2D eigenvalue weighted by molar-refractivity contribution is 0.102. The highest BCUT2D eigenvalue weighted by Gasteiger charge is 2.31. The van der Waals surface area contributed by atoms with Gasteiger partial charge in [0.1, 0.15) is 11.6 Å². The van der Waals surface area contributed by atoms with E-state index in [9.17, 15) is 22.0 Å². The summed E-state index contributed by atoms with van der Waals surface area (Å²) in [6.07, 6.45) is 0.554. The smallest absolute Gasteiger partial charge is 0.174 e. The molecule has 4 rings (SSSR count). The number of rotatable bonds is 7. The Kier molecular flexibility index (Phi) is 6.77. The van der Waals surface area contributed by atoms with Crippen LogP contribution < -0.4 is 0 Å². The predicted octanol–water partition coefficient (Wildman–Crippen LogP) is 5.45. The maximum absolute atomic E-state index is 13.5. The minimum absolute atomic E-state index is 0.0607. The summed E-state index contributed by atoms with van der Waals surface area (Å²) in [4.78, 5) is 13.2. The van der Waals surface area contributed by atoms with Gasteiger partial charge in [0.25, 0.3) is 0 Å². The predicted molar refractivity (Wildman–Crippen MR) is 128 cm³/mol. The Morgan fingerprint density at radius 3 is 2.06 bits per heavy atom. The van der Waals surface area contributed by atoms with Gasteiger partial charge in [-0.05, 0) is 61.7 Å². The third kappa shape index (κ3) is 5.22. The summed E-state index contributed by atoms with van der Waals surface area (Å²) in [6.45, 7) is 3.75. The lowest BCUT2D eigenvalue weighted by atomic mass is 10.0. The molecule has 3 aromatic rings. The van der Waals surface area contributed by atoms with Crippen LogP contribution in [0, 0.1) is 25.5 Å². The molecule has 0 radical (unpaired) electrons. The van der Waals surface area contributed by atoms with Crippen molar-refractivity contribution < 1.29 is 22.0 Å². The Morgan fingerprint density at radius 1 is 1.03 bits per heavy atom. The summed E-state index contributed by atoms with van der Waals surface area (Å²) in [6, 6.07) is 13.9. The number of carbonyl (C=O) groups excluding carboxylic acids is 1. The summed E-state index contributed by atoms with van der Waals surface area (Å²) >= 11 is 1.40. The fraction of sp³-hybridized carbons (Fsp3) is 0.320. The van der Waals surface area contributed by atoms with Gasteiger partial charge in [0.2, 0.25) is 0 Å². The summed E-state index contributed by atoms with van der Waals surface area (Å²) in [7, 11) is -3.04. The second-order valence-corrected chi connectivity index (χ2v) is 11.8. The molecule has 1 unspecified atom stereocenters. The zero-order valence-electron chi connectivity index (χ0n) is 18.4. The van der Waals surface area contributed by atoms with Gasteiger partial charge in [-0.3, -0.25) is 4.79 Å². The first kappa shape index (κ1) is 23.7. The van der Waals surface area contributed by atoms with E-state index in [2.05, 4.69) is 0 Å². The molecule has 1 fully saturated rings. The van der Waals surface area contributed by atoms with Crippen LogP contribution in [0.2, 0.25) is 0 Å². The van der Waals surface area contributed by atoms with Gasteiger partial charge in [-0.25, -0.2) is 17.2 Å². The molecule has 0 saturated carbocycles. The number of ketones is 1. The van der Waals surface area contributed by atoms with Crippen LogP contribution in [0.5, 0.6) is 0 Å². The highest BCUT2D eigenvalue weighted by Crippen LogP contribution is 2.37. The standard InChI is InChI=1S/C25H25F2NO3S2/c1-16-13-23(17(2)28(16)22-11-12-33(30,31)15-22)24(29)14-32-25(18-3-7-20(26)8-4-18)19-5-9-21(27)10-6-19/h3-10,13,22,25H,11-12,14-15H2,1-2H3. The van der Waals surface area contributed by atoms with E-state index < -0.39 is 9.84 Å². The number of halogens is 2. The Morgan fingerprint density at radius 2 is 1.58 bits per heavy atom. The van der Waals surface area contributed by atoms with Gasteiger partial charge in [0.15, 0.2) is 15.6 Å². The molecule has 0 spiro atoms. The van der Waals surface area contributed by atoms with Crippen molar-refractivity contribution in [3.8, 4) is 0 Å². The van der Waals surface area contributed by atoms with Crippen molar-refractivity contribution in [3.05, 3.63) is 94.3 Å². The van der Waals surface area contributed by atoms with E-state index >= 15 is 0 Å². The maximum atomic E-state index is 13.5. The minimum atomic E-state index is -3.04. The topological polar surface area (TPSA) is 56.1 Å². The van der Waals surface area contributed by atoms with Crippen LogP contribution in [0.4, 0.5) is 8.78 Å². The summed E-state index contributed by atoms with van der Waals surface area (Å²) in [5.74, 6) is -0.312. The van der Waals surface area contributed by atoms with Crippen LogP contribution in [0.25, 0.3) is 0 Å². The molecule has 0 N–H and O–H groups in total. The maximum Gasteiger partial charge on any atom is 0.174 e. The van der Waals surface area contributed by atoms with Crippen LogP contribution in [0.1, 0.15) is 50.6 Å². The molecule has 1 aliphatic rings. The van der Waals surface area contributed by atoms with Crippen LogP contribution >= 0.6 is 11.8 Å².